The standard InChI is InChI=1S/C16H14F3N5O/c17-16(18,19)10-3-4-11(12(25)9-10)13-21-22-15(23-6-1-2-7-23)14-20-5-8-24(13)14/h3-5,8-9,25H,1-2,6-7H2. The highest BCUT2D eigenvalue weighted by atomic mass is 19.4. The molecule has 1 N–H and O–H groups in total. The maximum Gasteiger partial charge on any atom is 0.416 e. The number of imidazole rings is 1. The highest BCUT2D eigenvalue weighted by molar-refractivity contribution is 5.71. The van der Waals surface area contributed by atoms with Crippen molar-refractivity contribution in [1.29, 1.82) is 0 Å². The molecule has 25 heavy (non-hydrogen) atoms. The summed E-state index contributed by atoms with van der Waals surface area (Å²) in [6.45, 7) is 1.73. The fourth-order valence-electron chi connectivity index (χ4n) is 3.04. The fraction of sp³-hybridized carbons (Fsp3) is 0.312. The molecule has 0 atom stereocenters. The first-order valence-electron chi connectivity index (χ1n) is 7.80. The fourth-order valence-corrected chi connectivity index (χ4v) is 3.04. The SMILES string of the molecule is Oc1cc(C(F)(F)F)ccc1-c1nnc(N2CCCC2)c2nccn12. The normalized spacial score (nSPS) is 15.2. The Morgan fingerprint density at radius 3 is 2.52 bits per heavy atom. The second-order valence-corrected chi connectivity index (χ2v) is 5.89. The molecular formula is C16H14F3N5O. The second-order valence-electron chi connectivity index (χ2n) is 5.89. The molecule has 0 bridgehead atoms. The molecule has 1 fully saturated rings. The minimum absolute atomic E-state index is 0.163. The van der Waals surface area contributed by atoms with Gasteiger partial charge in [0.15, 0.2) is 17.3 Å². The van der Waals surface area contributed by atoms with E-state index in [4.69, 9.17) is 0 Å². The van der Waals surface area contributed by atoms with E-state index in [2.05, 4.69) is 20.1 Å². The third-order valence-corrected chi connectivity index (χ3v) is 4.28. The number of hydrogen-bond acceptors (Lipinski definition) is 5. The Morgan fingerprint density at radius 2 is 1.84 bits per heavy atom. The van der Waals surface area contributed by atoms with Crippen LogP contribution < -0.4 is 4.90 Å². The number of nitrogens with zero attached hydrogens (tertiary/aromatic N) is 5. The second kappa shape index (κ2) is 5.61. The Bertz CT molecular complexity index is 931. The minimum atomic E-state index is -4.52. The first kappa shape index (κ1) is 15.7. The quantitative estimate of drug-likeness (QED) is 0.770. The zero-order chi connectivity index (χ0) is 17.6. The van der Waals surface area contributed by atoms with Gasteiger partial charge in [0, 0.05) is 25.5 Å². The van der Waals surface area contributed by atoms with Gasteiger partial charge in [0.05, 0.1) is 11.1 Å². The molecule has 0 unspecified atom stereocenters. The van der Waals surface area contributed by atoms with Gasteiger partial charge >= 0.3 is 6.18 Å². The average Bonchev–Trinajstić information content (AvgIpc) is 3.25. The number of fused-ring (bicyclic) bond motifs is 1. The first-order chi connectivity index (χ1) is 11.9. The van der Waals surface area contributed by atoms with Crippen LogP contribution >= 0.6 is 0 Å². The van der Waals surface area contributed by atoms with E-state index in [1.807, 2.05) is 0 Å². The van der Waals surface area contributed by atoms with Crippen molar-refractivity contribution >= 4 is 11.5 Å². The van der Waals surface area contributed by atoms with Crippen molar-refractivity contribution in [3.63, 3.8) is 0 Å². The van der Waals surface area contributed by atoms with Crippen LogP contribution in [-0.2, 0) is 6.18 Å². The third kappa shape index (κ3) is 2.65. The maximum absolute atomic E-state index is 12.8. The Hall–Kier alpha value is -2.84. The highest BCUT2D eigenvalue weighted by Gasteiger charge is 2.31. The molecule has 0 amide bonds. The zero-order valence-electron chi connectivity index (χ0n) is 13.0. The number of benzene rings is 1. The van der Waals surface area contributed by atoms with Gasteiger partial charge in [0.2, 0.25) is 0 Å². The predicted octanol–water partition coefficient (Wildman–Crippen LogP) is 3.12. The van der Waals surface area contributed by atoms with Gasteiger partial charge in [-0.2, -0.15) is 13.2 Å². The van der Waals surface area contributed by atoms with E-state index in [9.17, 15) is 18.3 Å². The minimum Gasteiger partial charge on any atom is -0.507 e. The van der Waals surface area contributed by atoms with E-state index in [0.29, 0.717) is 17.5 Å². The summed E-state index contributed by atoms with van der Waals surface area (Å²) in [5, 5.41) is 18.4. The van der Waals surface area contributed by atoms with Crippen LogP contribution in [0.25, 0.3) is 17.0 Å². The first-order valence-corrected chi connectivity index (χ1v) is 7.80. The van der Waals surface area contributed by atoms with Gasteiger partial charge in [-0.05, 0) is 31.0 Å². The topological polar surface area (TPSA) is 66.6 Å². The maximum atomic E-state index is 12.8. The van der Waals surface area contributed by atoms with E-state index < -0.39 is 17.5 Å². The number of alkyl halides is 3. The summed E-state index contributed by atoms with van der Waals surface area (Å²) in [6, 6.07) is 2.79. The number of aromatic nitrogens is 4. The summed E-state index contributed by atoms with van der Waals surface area (Å²) in [5.41, 5.74) is -0.194. The summed E-state index contributed by atoms with van der Waals surface area (Å²) in [6.07, 6.45) is 0.830. The largest absolute Gasteiger partial charge is 0.507 e. The summed E-state index contributed by atoms with van der Waals surface area (Å²) in [7, 11) is 0. The number of phenols is 1. The molecule has 0 spiro atoms. The van der Waals surface area contributed by atoms with Crippen molar-refractivity contribution in [1.82, 2.24) is 19.6 Å². The van der Waals surface area contributed by atoms with E-state index in [-0.39, 0.29) is 11.4 Å². The van der Waals surface area contributed by atoms with Crippen molar-refractivity contribution in [2.45, 2.75) is 19.0 Å². The number of anilines is 1. The predicted molar refractivity (Wildman–Crippen MR) is 84.3 cm³/mol. The lowest BCUT2D eigenvalue weighted by atomic mass is 10.1. The van der Waals surface area contributed by atoms with Crippen molar-refractivity contribution < 1.29 is 18.3 Å². The van der Waals surface area contributed by atoms with E-state index >= 15 is 0 Å². The van der Waals surface area contributed by atoms with Crippen molar-refractivity contribution in [3.05, 3.63) is 36.2 Å². The van der Waals surface area contributed by atoms with Crippen LogP contribution in [0.15, 0.2) is 30.6 Å². The summed E-state index contributed by atoms with van der Waals surface area (Å²) in [5.74, 6) is 0.368. The molecule has 6 nitrogen and oxygen atoms in total. The van der Waals surface area contributed by atoms with Crippen LogP contribution in [0.4, 0.5) is 19.0 Å². The van der Waals surface area contributed by atoms with Crippen molar-refractivity contribution in [2.24, 2.45) is 0 Å². The Balaban J connectivity index is 1.83. The van der Waals surface area contributed by atoms with Gasteiger partial charge in [-0.1, -0.05) is 0 Å². The summed E-state index contributed by atoms with van der Waals surface area (Å²) in [4.78, 5) is 6.37. The summed E-state index contributed by atoms with van der Waals surface area (Å²) >= 11 is 0. The van der Waals surface area contributed by atoms with Crippen LogP contribution in [0, 0.1) is 0 Å². The summed E-state index contributed by atoms with van der Waals surface area (Å²) < 4.78 is 39.9. The van der Waals surface area contributed by atoms with Crippen LogP contribution in [0.5, 0.6) is 5.75 Å². The Morgan fingerprint density at radius 1 is 1.08 bits per heavy atom. The van der Waals surface area contributed by atoms with Gasteiger partial charge < -0.3 is 10.0 Å². The molecule has 1 aliphatic heterocycles. The molecule has 9 heteroatoms. The zero-order valence-corrected chi connectivity index (χ0v) is 13.0. The molecule has 2 aromatic heterocycles. The number of rotatable bonds is 2. The average molecular weight is 349 g/mol. The molecule has 1 saturated heterocycles. The van der Waals surface area contributed by atoms with Gasteiger partial charge in [0.1, 0.15) is 5.75 Å². The monoisotopic (exact) mass is 349 g/mol. The molecule has 0 saturated carbocycles. The lowest BCUT2D eigenvalue weighted by molar-refractivity contribution is -0.137. The smallest absolute Gasteiger partial charge is 0.416 e. The molecule has 0 aliphatic carbocycles. The van der Waals surface area contributed by atoms with Crippen LogP contribution in [0.3, 0.4) is 0 Å². The van der Waals surface area contributed by atoms with Gasteiger partial charge in [-0.15, -0.1) is 10.2 Å². The van der Waals surface area contributed by atoms with Crippen molar-refractivity contribution in [3.8, 4) is 17.1 Å². The molecule has 0 radical (unpaired) electrons. The highest BCUT2D eigenvalue weighted by Crippen LogP contribution is 2.36. The number of halogens is 3. The van der Waals surface area contributed by atoms with E-state index in [1.54, 1.807) is 16.8 Å². The van der Waals surface area contributed by atoms with Gasteiger partial charge in [-0.3, -0.25) is 4.40 Å². The number of hydrogen-bond donors (Lipinski definition) is 1. The molecule has 4 rings (SSSR count). The van der Waals surface area contributed by atoms with Crippen molar-refractivity contribution in [2.75, 3.05) is 18.0 Å². The van der Waals surface area contributed by atoms with Crippen LogP contribution in [0.1, 0.15) is 18.4 Å². The number of phenolic OH excluding ortho intramolecular Hbond substituents is 1. The molecule has 1 aromatic carbocycles. The third-order valence-electron chi connectivity index (χ3n) is 4.28. The van der Waals surface area contributed by atoms with E-state index in [1.165, 1.54) is 6.07 Å². The number of aromatic hydroxyl groups is 1. The lowest BCUT2D eigenvalue weighted by Gasteiger charge is -2.17. The molecule has 130 valence electrons. The molecular weight excluding hydrogens is 335 g/mol. The van der Waals surface area contributed by atoms with E-state index in [0.717, 1.165) is 32.0 Å². The van der Waals surface area contributed by atoms with Crippen LogP contribution in [-0.4, -0.2) is 37.8 Å². The van der Waals surface area contributed by atoms with Gasteiger partial charge in [0.25, 0.3) is 0 Å². The molecule has 1 aliphatic rings. The Labute approximate surface area is 140 Å². The van der Waals surface area contributed by atoms with Gasteiger partial charge in [-0.25, -0.2) is 4.98 Å². The molecule has 3 aromatic rings. The Kier molecular flexibility index (Phi) is 3.52. The van der Waals surface area contributed by atoms with Crippen LogP contribution in [0.2, 0.25) is 0 Å². The lowest BCUT2D eigenvalue weighted by Crippen LogP contribution is -2.21. The molecule has 3 heterocycles.